The number of benzene rings is 2. The summed E-state index contributed by atoms with van der Waals surface area (Å²) < 4.78 is 5.16. The van der Waals surface area contributed by atoms with E-state index in [1.54, 1.807) is 18.9 Å². The fourth-order valence-electron chi connectivity index (χ4n) is 1.86. The molecule has 0 aromatic heterocycles. The molecule has 4 heteroatoms. The predicted molar refractivity (Wildman–Crippen MR) is 84.3 cm³/mol. The fraction of sp³-hybridized carbons (Fsp3) is 0.250. The van der Waals surface area contributed by atoms with E-state index in [0.717, 1.165) is 27.5 Å². The van der Waals surface area contributed by atoms with Gasteiger partial charge in [0.05, 0.1) is 13.2 Å². The molecule has 0 aliphatic rings. The molecule has 3 N–H and O–H groups in total. The first-order valence-electron chi connectivity index (χ1n) is 6.41. The Kier molecular flexibility index (Phi) is 4.93. The lowest BCUT2D eigenvalue weighted by Gasteiger charge is -2.12. The van der Waals surface area contributed by atoms with Gasteiger partial charge in [-0.1, -0.05) is 12.1 Å². The number of rotatable bonds is 5. The van der Waals surface area contributed by atoms with Gasteiger partial charge in [-0.05, 0) is 48.4 Å². The zero-order valence-corrected chi connectivity index (χ0v) is 12.5. The summed E-state index contributed by atoms with van der Waals surface area (Å²) in [6.07, 6.45) is -0.520. The topological polar surface area (TPSA) is 55.5 Å². The molecule has 20 heavy (non-hydrogen) atoms. The van der Waals surface area contributed by atoms with Gasteiger partial charge in [-0.25, -0.2) is 0 Å². The molecule has 1 unspecified atom stereocenters. The molecule has 2 rings (SSSR count). The normalized spacial score (nSPS) is 12.2. The number of hydrogen-bond donors (Lipinski definition) is 2. The van der Waals surface area contributed by atoms with E-state index < -0.39 is 6.10 Å². The largest absolute Gasteiger partial charge is 0.497 e. The summed E-state index contributed by atoms with van der Waals surface area (Å²) in [5, 5.41) is 10.2. The third kappa shape index (κ3) is 3.68. The van der Waals surface area contributed by atoms with Crippen LogP contribution in [0.2, 0.25) is 0 Å². The first-order chi connectivity index (χ1) is 9.60. The quantitative estimate of drug-likeness (QED) is 0.654. The van der Waals surface area contributed by atoms with Gasteiger partial charge >= 0.3 is 0 Å². The number of aryl methyl sites for hydroxylation is 1. The van der Waals surface area contributed by atoms with Crippen molar-refractivity contribution >= 4 is 17.4 Å². The van der Waals surface area contributed by atoms with E-state index in [-0.39, 0.29) is 0 Å². The van der Waals surface area contributed by atoms with Crippen LogP contribution in [0.3, 0.4) is 0 Å². The molecule has 2 aromatic carbocycles. The molecule has 0 bridgehead atoms. The van der Waals surface area contributed by atoms with Gasteiger partial charge in [0, 0.05) is 16.3 Å². The van der Waals surface area contributed by atoms with Gasteiger partial charge < -0.3 is 15.6 Å². The number of nitrogens with two attached hydrogens (primary N) is 1. The average molecular weight is 289 g/mol. The van der Waals surface area contributed by atoms with Gasteiger partial charge in [0.1, 0.15) is 5.75 Å². The second-order valence-corrected chi connectivity index (χ2v) is 5.72. The highest BCUT2D eigenvalue weighted by atomic mass is 32.2. The summed E-state index contributed by atoms with van der Waals surface area (Å²) in [6, 6.07) is 13.4. The standard InChI is InChI=1S/C16H19NO2S/c1-11-8-14(6-7-15(11)17)20-10-16(18)12-4-3-5-13(9-12)19-2/h3-9,16,18H,10,17H2,1-2H3. The third-order valence-corrected chi connectivity index (χ3v) is 4.20. The van der Waals surface area contributed by atoms with Crippen molar-refractivity contribution in [2.24, 2.45) is 0 Å². The van der Waals surface area contributed by atoms with Crippen molar-refractivity contribution in [1.29, 1.82) is 0 Å². The maximum atomic E-state index is 10.2. The van der Waals surface area contributed by atoms with Gasteiger partial charge in [-0.3, -0.25) is 0 Å². The lowest BCUT2D eigenvalue weighted by atomic mass is 10.1. The highest BCUT2D eigenvalue weighted by Crippen LogP contribution is 2.28. The van der Waals surface area contributed by atoms with Gasteiger partial charge in [0.25, 0.3) is 0 Å². The molecule has 0 amide bonds. The van der Waals surface area contributed by atoms with Crippen LogP contribution in [0.15, 0.2) is 47.4 Å². The number of aliphatic hydroxyl groups excluding tert-OH is 1. The van der Waals surface area contributed by atoms with Crippen LogP contribution >= 0.6 is 11.8 Å². The smallest absolute Gasteiger partial charge is 0.119 e. The van der Waals surface area contributed by atoms with Crippen molar-refractivity contribution < 1.29 is 9.84 Å². The van der Waals surface area contributed by atoms with Crippen LogP contribution in [-0.2, 0) is 0 Å². The minimum atomic E-state index is -0.520. The maximum absolute atomic E-state index is 10.2. The van der Waals surface area contributed by atoms with Gasteiger partial charge in [0.15, 0.2) is 0 Å². The lowest BCUT2D eigenvalue weighted by Crippen LogP contribution is -2.01. The van der Waals surface area contributed by atoms with E-state index >= 15 is 0 Å². The van der Waals surface area contributed by atoms with Crippen LogP contribution in [-0.4, -0.2) is 18.0 Å². The van der Waals surface area contributed by atoms with Crippen molar-refractivity contribution in [1.82, 2.24) is 0 Å². The fourth-order valence-corrected chi connectivity index (χ4v) is 2.83. The first kappa shape index (κ1) is 14.8. The summed E-state index contributed by atoms with van der Waals surface area (Å²) in [6.45, 7) is 1.98. The molecule has 0 spiro atoms. The molecule has 0 heterocycles. The molecule has 0 saturated heterocycles. The van der Waals surface area contributed by atoms with Crippen molar-refractivity contribution in [2.45, 2.75) is 17.9 Å². The minimum absolute atomic E-state index is 0.520. The van der Waals surface area contributed by atoms with E-state index in [2.05, 4.69) is 0 Å². The highest BCUT2D eigenvalue weighted by Gasteiger charge is 2.09. The summed E-state index contributed by atoms with van der Waals surface area (Å²) in [4.78, 5) is 1.11. The van der Waals surface area contributed by atoms with E-state index in [9.17, 15) is 5.11 Å². The molecule has 0 saturated carbocycles. The second kappa shape index (κ2) is 6.68. The molecule has 0 aliphatic carbocycles. The second-order valence-electron chi connectivity index (χ2n) is 4.62. The molecular formula is C16H19NO2S. The van der Waals surface area contributed by atoms with Gasteiger partial charge in [-0.15, -0.1) is 11.8 Å². The van der Waals surface area contributed by atoms with E-state index in [0.29, 0.717) is 5.75 Å². The molecular weight excluding hydrogens is 270 g/mol. The number of ether oxygens (including phenoxy) is 1. The van der Waals surface area contributed by atoms with Crippen molar-refractivity contribution in [2.75, 3.05) is 18.6 Å². The van der Waals surface area contributed by atoms with Gasteiger partial charge in [0.2, 0.25) is 0 Å². The van der Waals surface area contributed by atoms with E-state index in [4.69, 9.17) is 10.5 Å². The molecule has 0 aliphatic heterocycles. The Labute approximate surface area is 123 Å². The van der Waals surface area contributed by atoms with Crippen LogP contribution in [0.4, 0.5) is 5.69 Å². The number of anilines is 1. The van der Waals surface area contributed by atoms with Gasteiger partial charge in [-0.2, -0.15) is 0 Å². The Morgan fingerprint density at radius 3 is 2.75 bits per heavy atom. The molecule has 2 aromatic rings. The summed E-state index contributed by atoms with van der Waals surface area (Å²) in [5.74, 6) is 1.35. The summed E-state index contributed by atoms with van der Waals surface area (Å²) in [5.41, 5.74) is 8.52. The molecule has 106 valence electrons. The Hall–Kier alpha value is -1.65. The van der Waals surface area contributed by atoms with Crippen LogP contribution < -0.4 is 10.5 Å². The zero-order valence-electron chi connectivity index (χ0n) is 11.7. The SMILES string of the molecule is COc1cccc(C(O)CSc2ccc(N)c(C)c2)c1. The molecule has 3 nitrogen and oxygen atoms in total. The van der Waals surface area contributed by atoms with Crippen LogP contribution in [0.5, 0.6) is 5.75 Å². The lowest BCUT2D eigenvalue weighted by molar-refractivity contribution is 0.203. The number of hydrogen-bond acceptors (Lipinski definition) is 4. The maximum Gasteiger partial charge on any atom is 0.119 e. The summed E-state index contributed by atoms with van der Waals surface area (Å²) >= 11 is 1.61. The minimum Gasteiger partial charge on any atom is -0.497 e. The van der Waals surface area contributed by atoms with E-state index in [1.807, 2.05) is 49.4 Å². The molecule has 1 atom stereocenters. The average Bonchev–Trinajstić information content (AvgIpc) is 2.48. The Bertz CT molecular complexity index is 586. The van der Waals surface area contributed by atoms with Crippen molar-refractivity contribution in [3.8, 4) is 5.75 Å². The van der Waals surface area contributed by atoms with E-state index in [1.165, 1.54) is 0 Å². The summed E-state index contributed by atoms with van der Waals surface area (Å²) in [7, 11) is 1.62. The number of thioether (sulfide) groups is 1. The van der Waals surface area contributed by atoms with Crippen molar-refractivity contribution in [3.63, 3.8) is 0 Å². The Morgan fingerprint density at radius 1 is 1.25 bits per heavy atom. The Morgan fingerprint density at radius 2 is 2.05 bits per heavy atom. The number of nitrogen functional groups attached to an aromatic ring is 1. The van der Waals surface area contributed by atoms with Crippen LogP contribution in [0, 0.1) is 6.92 Å². The number of aliphatic hydroxyl groups is 1. The van der Waals surface area contributed by atoms with Crippen LogP contribution in [0.25, 0.3) is 0 Å². The number of methoxy groups -OCH3 is 1. The first-order valence-corrected chi connectivity index (χ1v) is 7.39. The monoisotopic (exact) mass is 289 g/mol. The highest BCUT2D eigenvalue weighted by molar-refractivity contribution is 7.99. The third-order valence-electron chi connectivity index (χ3n) is 3.13. The van der Waals surface area contributed by atoms with Crippen LogP contribution in [0.1, 0.15) is 17.2 Å². The molecule has 0 radical (unpaired) electrons. The van der Waals surface area contributed by atoms with Crippen molar-refractivity contribution in [3.05, 3.63) is 53.6 Å². The Balaban J connectivity index is 2.00. The molecule has 0 fully saturated rings. The zero-order chi connectivity index (χ0) is 14.5. The predicted octanol–water partition coefficient (Wildman–Crippen LogP) is 3.41.